The summed E-state index contributed by atoms with van der Waals surface area (Å²) in [6.07, 6.45) is -3.36. The van der Waals surface area contributed by atoms with E-state index in [1.165, 1.54) is 12.3 Å². The van der Waals surface area contributed by atoms with E-state index in [1.807, 2.05) is 0 Å². The number of para-hydroxylation sites is 1. The highest BCUT2D eigenvalue weighted by atomic mass is 19.4. The molecule has 2 heterocycles. The lowest BCUT2D eigenvalue weighted by Crippen LogP contribution is -2.23. The van der Waals surface area contributed by atoms with E-state index in [2.05, 4.69) is 9.97 Å². The predicted octanol–water partition coefficient (Wildman–Crippen LogP) is 3.11. The summed E-state index contributed by atoms with van der Waals surface area (Å²) in [7, 11) is 0. The molecule has 3 aromatic rings. The lowest BCUT2D eigenvalue weighted by atomic mass is 10.2. The van der Waals surface area contributed by atoms with Crippen LogP contribution in [-0.4, -0.2) is 14.5 Å². The number of alkyl halides is 3. The van der Waals surface area contributed by atoms with Crippen molar-refractivity contribution in [3.05, 3.63) is 64.3 Å². The molecule has 7 heteroatoms. The normalized spacial score (nSPS) is 11.8. The van der Waals surface area contributed by atoms with Crippen molar-refractivity contribution in [2.75, 3.05) is 0 Å². The molecule has 0 fully saturated rings. The van der Waals surface area contributed by atoms with Crippen LogP contribution in [0.25, 0.3) is 16.7 Å². The number of nitrogens with zero attached hydrogens (tertiary/aromatic N) is 3. The topological polar surface area (TPSA) is 47.8 Å². The van der Waals surface area contributed by atoms with Gasteiger partial charge in [0.2, 0.25) is 0 Å². The number of halogens is 3. The van der Waals surface area contributed by atoms with Crippen molar-refractivity contribution in [1.29, 1.82) is 0 Å². The molecule has 0 aliphatic heterocycles. The Bertz CT molecular complexity index is 916. The molecule has 22 heavy (non-hydrogen) atoms. The molecule has 0 N–H and O–H groups in total. The molecular formula is C15H10F3N3O. The molecular weight excluding hydrogens is 295 g/mol. The Morgan fingerprint density at radius 3 is 2.50 bits per heavy atom. The van der Waals surface area contributed by atoms with E-state index in [0.717, 1.165) is 16.2 Å². The highest BCUT2D eigenvalue weighted by Crippen LogP contribution is 2.29. The van der Waals surface area contributed by atoms with Crippen LogP contribution in [0.15, 0.2) is 47.4 Å². The zero-order valence-corrected chi connectivity index (χ0v) is 11.4. The minimum atomic E-state index is -4.58. The average molecular weight is 305 g/mol. The van der Waals surface area contributed by atoms with Crippen LogP contribution in [0.5, 0.6) is 0 Å². The monoisotopic (exact) mass is 305 g/mol. The van der Waals surface area contributed by atoms with Gasteiger partial charge in [-0.3, -0.25) is 0 Å². The summed E-state index contributed by atoms with van der Waals surface area (Å²) in [6, 6.07) is 9.00. The maximum Gasteiger partial charge on any atom is 0.433 e. The second-order valence-electron chi connectivity index (χ2n) is 4.77. The van der Waals surface area contributed by atoms with Crippen molar-refractivity contribution in [2.45, 2.75) is 13.1 Å². The summed E-state index contributed by atoms with van der Waals surface area (Å²) in [6.45, 7) is 1.76. The lowest BCUT2D eigenvalue weighted by molar-refractivity contribution is -0.141. The zero-order valence-electron chi connectivity index (χ0n) is 11.4. The minimum absolute atomic E-state index is 0.0656. The van der Waals surface area contributed by atoms with Gasteiger partial charge in [-0.1, -0.05) is 18.2 Å². The maximum atomic E-state index is 12.9. The van der Waals surface area contributed by atoms with Gasteiger partial charge in [0.1, 0.15) is 5.69 Å². The molecule has 0 bridgehead atoms. The second kappa shape index (κ2) is 4.94. The molecule has 0 amide bonds. The van der Waals surface area contributed by atoms with Gasteiger partial charge >= 0.3 is 11.9 Å². The Labute approximate surface area is 122 Å². The first kappa shape index (κ1) is 14.2. The highest BCUT2D eigenvalue weighted by Gasteiger charge is 2.32. The summed E-state index contributed by atoms with van der Waals surface area (Å²) in [5.41, 5.74) is -0.596. The SMILES string of the molecule is Cc1ccccc1-n1c(=O)ncc2ccc(C(F)(F)F)nc21. The van der Waals surface area contributed by atoms with E-state index in [4.69, 9.17) is 0 Å². The minimum Gasteiger partial charge on any atom is -0.245 e. The molecule has 0 aliphatic rings. The molecule has 0 saturated heterocycles. The van der Waals surface area contributed by atoms with Gasteiger partial charge in [-0.05, 0) is 30.7 Å². The number of hydrogen-bond acceptors (Lipinski definition) is 3. The molecule has 0 unspecified atom stereocenters. The Hall–Kier alpha value is -2.70. The Morgan fingerprint density at radius 2 is 1.82 bits per heavy atom. The molecule has 3 rings (SSSR count). The number of rotatable bonds is 1. The Kier molecular flexibility index (Phi) is 3.20. The predicted molar refractivity (Wildman–Crippen MR) is 74.9 cm³/mol. The molecule has 0 spiro atoms. The number of hydrogen-bond donors (Lipinski definition) is 0. The molecule has 1 aromatic carbocycles. The fraction of sp³-hybridized carbons (Fsp3) is 0.133. The van der Waals surface area contributed by atoms with Gasteiger partial charge in [0.05, 0.1) is 5.69 Å². The van der Waals surface area contributed by atoms with E-state index in [1.54, 1.807) is 31.2 Å². The summed E-state index contributed by atoms with van der Waals surface area (Å²) in [5, 5.41) is 0.357. The third-order valence-electron chi connectivity index (χ3n) is 3.27. The first-order valence-corrected chi connectivity index (χ1v) is 6.40. The Balaban J connectivity index is 2.40. The van der Waals surface area contributed by atoms with Crippen LogP contribution in [-0.2, 0) is 6.18 Å². The fourth-order valence-electron chi connectivity index (χ4n) is 2.20. The van der Waals surface area contributed by atoms with E-state index >= 15 is 0 Å². The molecule has 0 atom stereocenters. The number of fused-ring (bicyclic) bond motifs is 1. The molecule has 0 aliphatic carbocycles. The maximum absolute atomic E-state index is 12.9. The third-order valence-corrected chi connectivity index (χ3v) is 3.27. The largest absolute Gasteiger partial charge is 0.433 e. The van der Waals surface area contributed by atoms with Gasteiger partial charge in [0.25, 0.3) is 0 Å². The quantitative estimate of drug-likeness (QED) is 0.694. The van der Waals surface area contributed by atoms with Crippen molar-refractivity contribution in [3.63, 3.8) is 0 Å². The molecule has 4 nitrogen and oxygen atoms in total. The van der Waals surface area contributed by atoms with Crippen LogP contribution in [0, 0.1) is 6.92 Å². The van der Waals surface area contributed by atoms with Crippen LogP contribution in [0.1, 0.15) is 11.3 Å². The fourth-order valence-corrected chi connectivity index (χ4v) is 2.20. The van der Waals surface area contributed by atoms with Gasteiger partial charge < -0.3 is 0 Å². The van der Waals surface area contributed by atoms with Crippen molar-refractivity contribution in [1.82, 2.24) is 14.5 Å². The van der Waals surface area contributed by atoms with Crippen molar-refractivity contribution >= 4 is 11.0 Å². The molecule has 112 valence electrons. The van der Waals surface area contributed by atoms with Gasteiger partial charge in [-0.2, -0.15) is 13.2 Å². The number of aryl methyl sites for hydroxylation is 1. The van der Waals surface area contributed by atoms with Crippen LogP contribution in [0.3, 0.4) is 0 Å². The lowest BCUT2D eigenvalue weighted by Gasteiger charge is -2.12. The Morgan fingerprint density at radius 1 is 1.09 bits per heavy atom. The first-order valence-electron chi connectivity index (χ1n) is 6.40. The summed E-state index contributed by atoms with van der Waals surface area (Å²) < 4.78 is 39.7. The van der Waals surface area contributed by atoms with Crippen LogP contribution in [0.2, 0.25) is 0 Å². The van der Waals surface area contributed by atoms with Crippen LogP contribution < -0.4 is 5.69 Å². The van der Waals surface area contributed by atoms with Gasteiger partial charge in [-0.25, -0.2) is 19.3 Å². The van der Waals surface area contributed by atoms with Gasteiger partial charge in [0, 0.05) is 11.6 Å². The molecule has 0 saturated carbocycles. The summed E-state index contributed by atoms with van der Waals surface area (Å²) in [5.74, 6) is 0. The van der Waals surface area contributed by atoms with Crippen molar-refractivity contribution in [3.8, 4) is 5.69 Å². The third kappa shape index (κ3) is 2.34. The smallest absolute Gasteiger partial charge is 0.245 e. The average Bonchev–Trinajstić information content (AvgIpc) is 2.47. The molecule has 2 aromatic heterocycles. The number of benzene rings is 1. The standard InChI is InChI=1S/C15H10F3N3O/c1-9-4-2-3-5-11(9)21-13-10(8-19-14(21)22)6-7-12(20-13)15(16,17)18/h2-8H,1H3. The van der Waals surface area contributed by atoms with E-state index < -0.39 is 17.6 Å². The van der Waals surface area contributed by atoms with Crippen molar-refractivity contribution in [2.24, 2.45) is 0 Å². The molecule has 0 radical (unpaired) electrons. The highest BCUT2D eigenvalue weighted by molar-refractivity contribution is 5.76. The van der Waals surface area contributed by atoms with E-state index in [-0.39, 0.29) is 5.65 Å². The number of pyridine rings is 1. The van der Waals surface area contributed by atoms with Crippen LogP contribution >= 0.6 is 0 Å². The summed E-state index contributed by atoms with van der Waals surface area (Å²) in [4.78, 5) is 19.4. The van der Waals surface area contributed by atoms with E-state index in [0.29, 0.717) is 11.1 Å². The van der Waals surface area contributed by atoms with Gasteiger partial charge in [-0.15, -0.1) is 0 Å². The van der Waals surface area contributed by atoms with E-state index in [9.17, 15) is 18.0 Å². The number of aromatic nitrogens is 3. The zero-order chi connectivity index (χ0) is 15.9. The van der Waals surface area contributed by atoms with Crippen molar-refractivity contribution < 1.29 is 13.2 Å². The first-order chi connectivity index (χ1) is 10.4. The van der Waals surface area contributed by atoms with Crippen LogP contribution in [0.4, 0.5) is 13.2 Å². The van der Waals surface area contributed by atoms with Gasteiger partial charge in [0.15, 0.2) is 5.65 Å². The summed E-state index contributed by atoms with van der Waals surface area (Å²) >= 11 is 0. The second-order valence-corrected chi connectivity index (χ2v) is 4.77.